The van der Waals surface area contributed by atoms with Crippen LogP contribution in [0.3, 0.4) is 0 Å². The molecule has 4 heteroatoms. The Hall–Kier alpha value is -0.120. The first-order valence-electron chi connectivity index (χ1n) is 7.87. The molecule has 0 atom stereocenters. The summed E-state index contributed by atoms with van der Waals surface area (Å²) in [7, 11) is 0. The average molecular weight is 315 g/mol. The minimum atomic E-state index is 0.542. The topological polar surface area (TPSA) is 16.1 Å². The van der Waals surface area contributed by atoms with Gasteiger partial charge in [-0.25, -0.2) is 4.98 Å². The normalized spacial score (nSPS) is 19.4. The molecule has 20 heavy (non-hydrogen) atoms. The maximum Gasteiger partial charge on any atom is 0.0928 e. The van der Waals surface area contributed by atoms with Crippen molar-refractivity contribution in [2.75, 3.05) is 19.6 Å². The van der Waals surface area contributed by atoms with Gasteiger partial charge in [-0.1, -0.05) is 20.3 Å². The molecular weight excluding hydrogens is 288 g/mol. The summed E-state index contributed by atoms with van der Waals surface area (Å²) in [6, 6.07) is 0. The summed E-state index contributed by atoms with van der Waals surface area (Å²) in [5.41, 5.74) is 1.64. The number of aryl methyl sites for hydroxylation is 1. The van der Waals surface area contributed by atoms with Crippen LogP contribution in [0.25, 0.3) is 0 Å². The van der Waals surface area contributed by atoms with Crippen molar-refractivity contribution in [2.24, 2.45) is 5.41 Å². The van der Waals surface area contributed by atoms with E-state index in [2.05, 4.69) is 29.1 Å². The van der Waals surface area contributed by atoms with Crippen molar-refractivity contribution in [3.63, 3.8) is 0 Å². The zero-order valence-electron chi connectivity index (χ0n) is 12.8. The number of halogens is 1. The van der Waals surface area contributed by atoms with Gasteiger partial charge in [0.15, 0.2) is 0 Å². The predicted molar refractivity (Wildman–Crippen MR) is 88.7 cm³/mol. The monoisotopic (exact) mass is 314 g/mol. The third-order valence-electron chi connectivity index (χ3n) is 4.77. The van der Waals surface area contributed by atoms with E-state index >= 15 is 0 Å². The molecule has 0 radical (unpaired) electrons. The summed E-state index contributed by atoms with van der Waals surface area (Å²) < 4.78 is 0. The van der Waals surface area contributed by atoms with Crippen LogP contribution in [0.15, 0.2) is 5.38 Å². The van der Waals surface area contributed by atoms with E-state index in [0.717, 1.165) is 12.1 Å². The fourth-order valence-corrected chi connectivity index (χ4v) is 3.88. The first-order chi connectivity index (χ1) is 9.65. The van der Waals surface area contributed by atoms with Gasteiger partial charge in [0, 0.05) is 5.38 Å². The number of likely N-dealkylation sites (tertiary alicyclic amines) is 1. The van der Waals surface area contributed by atoms with Crippen LogP contribution in [-0.4, -0.2) is 29.5 Å². The summed E-state index contributed by atoms with van der Waals surface area (Å²) in [5, 5.41) is 3.33. The maximum atomic E-state index is 5.78. The third kappa shape index (κ3) is 4.71. The zero-order chi connectivity index (χ0) is 14.4. The van der Waals surface area contributed by atoms with Gasteiger partial charge in [-0.2, -0.15) is 0 Å². The standard InChI is InChI=1S/C16H27ClN2S/c1-3-16(2)7-10-19(11-8-16)9-5-4-6-15-18-14(12-17)13-20-15/h13H,3-12H2,1-2H3. The number of alkyl halides is 1. The summed E-state index contributed by atoms with van der Waals surface area (Å²) in [6.45, 7) is 8.61. The van der Waals surface area contributed by atoms with Gasteiger partial charge < -0.3 is 4.90 Å². The maximum absolute atomic E-state index is 5.78. The molecule has 114 valence electrons. The Bertz CT molecular complexity index is 397. The highest BCUT2D eigenvalue weighted by Gasteiger charge is 2.27. The predicted octanol–water partition coefficient (Wildman–Crippen LogP) is 4.72. The lowest BCUT2D eigenvalue weighted by Gasteiger charge is -2.38. The Morgan fingerprint density at radius 1 is 1.35 bits per heavy atom. The number of unbranched alkanes of at least 4 members (excludes halogenated alkanes) is 1. The molecule has 1 fully saturated rings. The highest BCUT2D eigenvalue weighted by atomic mass is 35.5. The third-order valence-corrected chi connectivity index (χ3v) is 6.00. The fraction of sp³-hybridized carbons (Fsp3) is 0.812. The second-order valence-electron chi connectivity index (χ2n) is 6.33. The molecule has 1 aliphatic rings. The van der Waals surface area contributed by atoms with Crippen molar-refractivity contribution in [2.45, 2.75) is 58.3 Å². The molecule has 0 aromatic carbocycles. The first kappa shape index (κ1) is 16.3. The smallest absolute Gasteiger partial charge is 0.0928 e. The molecule has 0 saturated carbocycles. The minimum absolute atomic E-state index is 0.542. The van der Waals surface area contributed by atoms with Crippen molar-refractivity contribution in [3.8, 4) is 0 Å². The second-order valence-corrected chi connectivity index (χ2v) is 7.54. The summed E-state index contributed by atoms with van der Waals surface area (Å²) in [4.78, 5) is 7.16. The van der Waals surface area contributed by atoms with E-state index in [9.17, 15) is 0 Å². The lowest BCUT2D eigenvalue weighted by molar-refractivity contribution is 0.113. The number of nitrogens with zero attached hydrogens (tertiary/aromatic N) is 2. The molecular formula is C16H27ClN2S. The molecule has 0 aliphatic carbocycles. The molecule has 2 nitrogen and oxygen atoms in total. The van der Waals surface area contributed by atoms with Crippen molar-refractivity contribution in [1.29, 1.82) is 0 Å². The number of rotatable bonds is 7. The highest BCUT2D eigenvalue weighted by Crippen LogP contribution is 2.33. The summed E-state index contributed by atoms with van der Waals surface area (Å²) in [6.07, 6.45) is 7.72. The number of hydrogen-bond acceptors (Lipinski definition) is 3. The number of piperidine rings is 1. The average Bonchev–Trinajstić information content (AvgIpc) is 2.94. The second kappa shape index (κ2) is 7.77. The van der Waals surface area contributed by atoms with E-state index in [-0.39, 0.29) is 0 Å². The molecule has 2 heterocycles. The van der Waals surface area contributed by atoms with Gasteiger partial charge in [0.25, 0.3) is 0 Å². The van der Waals surface area contributed by atoms with Crippen LogP contribution >= 0.6 is 22.9 Å². The Labute approximate surface area is 132 Å². The van der Waals surface area contributed by atoms with Gasteiger partial charge in [0.2, 0.25) is 0 Å². The molecule has 1 aromatic rings. The lowest BCUT2D eigenvalue weighted by atomic mass is 9.78. The molecule has 1 saturated heterocycles. The van der Waals surface area contributed by atoms with Crippen molar-refractivity contribution >= 4 is 22.9 Å². The number of aromatic nitrogens is 1. The van der Waals surface area contributed by atoms with Crippen LogP contribution < -0.4 is 0 Å². The van der Waals surface area contributed by atoms with Gasteiger partial charge in [-0.3, -0.25) is 0 Å². The Kier molecular flexibility index (Phi) is 6.31. The molecule has 0 amide bonds. The van der Waals surface area contributed by atoms with Gasteiger partial charge >= 0.3 is 0 Å². The van der Waals surface area contributed by atoms with Gasteiger partial charge in [0.05, 0.1) is 16.6 Å². The zero-order valence-corrected chi connectivity index (χ0v) is 14.4. The molecule has 0 N–H and O–H groups in total. The van der Waals surface area contributed by atoms with E-state index in [1.165, 1.54) is 56.7 Å². The number of hydrogen-bond donors (Lipinski definition) is 0. The van der Waals surface area contributed by atoms with Gasteiger partial charge in [0.1, 0.15) is 0 Å². The molecule has 0 bridgehead atoms. The van der Waals surface area contributed by atoms with E-state index in [0.29, 0.717) is 11.3 Å². The molecule has 0 spiro atoms. The van der Waals surface area contributed by atoms with Crippen LogP contribution in [0.4, 0.5) is 0 Å². The van der Waals surface area contributed by atoms with Gasteiger partial charge in [-0.05, 0) is 57.2 Å². The Morgan fingerprint density at radius 3 is 2.70 bits per heavy atom. The van der Waals surface area contributed by atoms with Crippen LogP contribution in [0, 0.1) is 5.41 Å². The van der Waals surface area contributed by atoms with Gasteiger partial charge in [-0.15, -0.1) is 22.9 Å². The number of thiazole rings is 1. The van der Waals surface area contributed by atoms with Crippen molar-refractivity contribution in [3.05, 3.63) is 16.1 Å². The van der Waals surface area contributed by atoms with Crippen molar-refractivity contribution < 1.29 is 0 Å². The van der Waals surface area contributed by atoms with E-state index in [1.807, 2.05) is 0 Å². The van der Waals surface area contributed by atoms with E-state index < -0.39 is 0 Å². The van der Waals surface area contributed by atoms with Crippen LogP contribution in [0.5, 0.6) is 0 Å². The van der Waals surface area contributed by atoms with E-state index in [4.69, 9.17) is 11.6 Å². The van der Waals surface area contributed by atoms with Crippen LogP contribution in [-0.2, 0) is 12.3 Å². The Morgan fingerprint density at radius 2 is 2.10 bits per heavy atom. The molecule has 1 aromatic heterocycles. The minimum Gasteiger partial charge on any atom is -0.303 e. The quantitative estimate of drug-likeness (QED) is 0.535. The molecule has 1 aliphatic heterocycles. The Balaban J connectivity index is 1.60. The first-order valence-corrected chi connectivity index (χ1v) is 9.28. The van der Waals surface area contributed by atoms with Crippen molar-refractivity contribution in [1.82, 2.24) is 9.88 Å². The summed E-state index contributed by atoms with van der Waals surface area (Å²) >= 11 is 7.53. The van der Waals surface area contributed by atoms with E-state index in [1.54, 1.807) is 11.3 Å². The largest absolute Gasteiger partial charge is 0.303 e. The fourth-order valence-electron chi connectivity index (χ4n) is 2.81. The summed E-state index contributed by atoms with van der Waals surface area (Å²) in [5.74, 6) is 0.542. The van der Waals surface area contributed by atoms with Crippen LogP contribution in [0.1, 0.15) is 56.7 Å². The van der Waals surface area contributed by atoms with Crippen LogP contribution in [0.2, 0.25) is 0 Å². The molecule has 0 unspecified atom stereocenters. The highest BCUT2D eigenvalue weighted by molar-refractivity contribution is 7.09. The molecule has 2 rings (SSSR count). The lowest BCUT2D eigenvalue weighted by Crippen LogP contribution is -2.38. The SMILES string of the molecule is CCC1(C)CCN(CCCCc2nc(CCl)cs2)CC1.